The number of aromatic nitrogens is 4. The summed E-state index contributed by atoms with van der Waals surface area (Å²) >= 11 is 0. The first-order valence-electron chi connectivity index (χ1n) is 5.38. The fourth-order valence-corrected chi connectivity index (χ4v) is 2.20. The van der Waals surface area contributed by atoms with Crippen LogP contribution in [0, 0.1) is 0 Å². The monoisotopic (exact) mass is 215 g/mol. The zero-order chi connectivity index (χ0) is 11.0. The van der Waals surface area contributed by atoms with Gasteiger partial charge >= 0.3 is 0 Å². The number of fused-ring (bicyclic) bond motifs is 1. The lowest BCUT2D eigenvalue weighted by molar-refractivity contribution is 0.695. The highest BCUT2D eigenvalue weighted by Crippen LogP contribution is 2.23. The summed E-state index contributed by atoms with van der Waals surface area (Å²) in [6, 6.07) is 8.95. The first-order chi connectivity index (χ1) is 7.83. The lowest BCUT2D eigenvalue weighted by Gasteiger charge is -2.10. The molecular weight excluding hydrogens is 202 g/mol. The second-order valence-electron chi connectivity index (χ2n) is 4.14. The Morgan fingerprint density at radius 1 is 1.25 bits per heavy atom. The Morgan fingerprint density at radius 2 is 1.94 bits per heavy atom. The number of hydrogen-bond donors (Lipinski definition) is 1. The van der Waals surface area contributed by atoms with Gasteiger partial charge < -0.3 is 5.32 Å². The summed E-state index contributed by atoms with van der Waals surface area (Å²) in [7, 11) is 1.84. The van der Waals surface area contributed by atoms with Gasteiger partial charge in [0.2, 0.25) is 5.95 Å². The molecule has 0 amide bonds. The molecule has 0 fully saturated rings. The molecule has 5 heteroatoms. The summed E-state index contributed by atoms with van der Waals surface area (Å²) in [4.78, 5) is 0. The minimum atomic E-state index is 0.405. The van der Waals surface area contributed by atoms with Crippen molar-refractivity contribution in [3.8, 4) is 0 Å². The van der Waals surface area contributed by atoms with Crippen molar-refractivity contribution in [2.45, 2.75) is 18.9 Å². The van der Waals surface area contributed by atoms with Gasteiger partial charge in [0.25, 0.3) is 0 Å². The molecule has 1 aromatic heterocycles. The molecule has 1 heterocycles. The van der Waals surface area contributed by atoms with Crippen LogP contribution in [0.5, 0.6) is 0 Å². The highest BCUT2D eigenvalue weighted by molar-refractivity contribution is 5.37. The molecule has 0 saturated carbocycles. The van der Waals surface area contributed by atoms with Gasteiger partial charge in [-0.25, -0.2) is 4.68 Å². The molecule has 2 aromatic rings. The van der Waals surface area contributed by atoms with Gasteiger partial charge in [-0.1, -0.05) is 29.4 Å². The lowest BCUT2D eigenvalue weighted by Crippen LogP contribution is -2.21. The Labute approximate surface area is 93.5 Å². The predicted octanol–water partition coefficient (Wildman–Crippen LogP) is 0.789. The maximum atomic E-state index is 3.93. The quantitative estimate of drug-likeness (QED) is 0.804. The molecule has 0 saturated heterocycles. The van der Waals surface area contributed by atoms with Gasteiger partial charge in [-0.15, -0.1) is 0 Å². The molecule has 0 spiro atoms. The zero-order valence-electron chi connectivity index (χ0n) is 9.09. The summed E-state index contributed by atoms with van der Waals surface area (Å²) in [5.41, 5.74) is 2.85. The molecule has 16 heavy (non-hydrogen) atoms. The molecule has 1 aliphatic carbocycles. The van der Waals surface area contributed by atoms with Crippen LogP contribution in [-0.2, 0) is 19.9 Å². The molecule has 1 aromatic carbocycles. The standard InChI is InChI=1S/C11H13N5/c1-16-11(13-14-15-16)12-10-6-8-4-2-3-5-9(8)7-10/h2-5,10H,6-7H2,1H3,(H,12,13,15). The van der Waals surface area contributed by atoms with Crippen molar-refractivity contribution < 1.29 is 0 Å². The molecule has 0 radical (unpaired) electrons. The van der Waals surface area contributed by atoms with Crippen LogP contribution in [0.25, 0.3) is 0 Å². The van der Waals surface area contributed by atoms with E-state index >= 15 is 0 Å². The third-order valence-corrected chi connectivity index (χ3v) is 3.00. The molecule has 0 unspecified atom stereocenters. The van der Waals surface area contributed by atoms with Gasteiger partial charge in [-0.2, -0.15) is 0 Å². The van der Waals surface area contributed by atoms with Crippen LogP contribution in [0.2, 0.25) is 0 Å². The van der Waals surface area contributed by atoms with E-state index in [1.54, 1.807) is 4.68 Å². The van der Waals surface area contributed by atoms with Crippen LogP contribution < -0.4 is 5.32 Å². The fraction of sp³-hybridized carbons (Fsp3) is 0.364. The van der Waals surface area contributed by atoms with Crippen molar-refractivity contribution in [3.63, 3.8) is 0 Å². The van der Waals surface area contributed by atoms with E-state index in [-0.39, 0.29) is 0 Å². The van der Waals surface area contributed by atoms with Crippen LogP contribution in [0.4, 0.5) is 5.95 Å². The second kappa shape index (κ2) is 3.59. The van der Waals surface area contributed by atoms with Gasteiger partial charge in [0.1, 0.15) is 0 Å². The maximum Gasteiger partial charge on any atom is 0.242 e. The van der Waals surface area contributed by atoms with Crippen molar-refractivity contribution in [1.29, 1.82) is 0 Å². The van der Waals surface area contributed by atoms with Crippen LogP contribution in [-0.4, -0.2) is 26.2 Å². The highest BCUT2D eigenvalue weighted by atomic mass is 15.6. The topological polar surface area (TPSA) is 55.6 Å². The maximum absolute atomic E-state index is 3.93. The third kappa shape index (κ3) is 1.54. The van der Waals surface area contributed by atoms with E-state index in [9.17, 15) is 0 Å². The van der Waals surface area contributed by atoms with Crippen molar-refractivity contribution in [2.75, 3.05) is 5.32 Å². The Morgan fingerprint density at radius 3 is 2.50 bits per heavy atom. The molecule has 0 atom stereocenters. The van der Waals surface area contributed by atoms with Crippen LogP contribution in [0.15, 0.2) is 24.3 Å². The minimum absolute atomic E-state index is 0.405. The summed E-state index contributed by atoms with van der Waals surface area (Å²) < 4.78 is 1.66. The summed E-state index contributed by atoms with van der Waals surface area (Å²) in [6.45, 7) is 0. The zero-order valence-corrected chi connectivity index (χ0v) is 9.09. The average molecular weight is 215 g/mol. The van der Waals surface area contributed by atoms with Crippen molar-refractivity contribution in [2.24, 2.45) is 7.05 Å². The Bertz CT molecular complexity index is 480. The smallest absolute Gasteiger partial charge is 0.242 e. The molecule has 1 N–H and O–H groups in total. The van der Waals surface area contributed by atoms with Gasteiger partial charge in [-0.05, 0) is 34.4 Å². The van der Waals surface area contributed by atoms with Crippen LogP contribution >= 0.6 is 0 Å². The van der Waals surface area contributed by atoms with Gasteiger partial charge in [0, 0.05) is 13.1 Å². The number of tetrazole rings is 1. The predicted molar refractivity (Wildman–Crippen MR) is 60.1 cm³/mol. The number of rotatable bonds is 2. The van der Waals surface area contributed by atoms with E-state index in [4.69, 9.17) is 0 Å². The van der Waals surface area contributed by atoms with Gasteiger partial charge in [-0.3, -0.25) is 0 Å². The molecule has 5 nitrogen and oxygen atoms in total. The molecule has 1 aliphatic rings. The third-order valence-electron chi connectivity index (χ3n) is 3.00. The van der Waals surface area contributed by atoms with Gasteiger partial charge in [0.15, 0.2) is 0 Å². The number of hydrogen-bond acceptors (Lipinski definition) is 4. The minimum Gasteiger partial charge on any atom is -0.350 e. The Hall–Kier alpha value is -1.91. The van der Waals surface area contributed by atoms with Crippen LogP contribution in [0.3, 0.4) is 0 Å². The SMILES string of the molecule is Cn1nnnc1NC1Cc2ccccc2C1. The van der Waals surface area contributed by atoms with E-state index in [0.29, 0.717) is 6.04 Å². The normalized spacial score (nSPS) is 15.1. The second-order valence-corrected chi connectivity index (χ2v) is 4.14. The number of nitrogens with zero attached hydrogens (tertiary/aromatic N) is 4. The van der Waals surface area contributed by atoms with Crippen molar-refractivity contribution in [1.82, 2.24) is 20.2 Å². The number of benzene rings is 1. The number of nitrogens with one attached hydrogen (secondary N) is 1. The molecular formula is C11H13N5. The number of anilines is 1. The first-order valence-corrected chi connectivity index (χ1v) is 5.38. The summed E-state index contributed by atoms with van der Waals surface area (Å²) in [6.07, 6.45) is 2.09. The van der Waals surface area contributed by atoms with E-state index in [2.05, 4.69) is 45.1 Å². The summed E-state index contributed by atoms with van der Waals surface area (Å²) in [5.74, 6) is 0.734. The van der Waals surface area contributed by atoms with Gasteiger partial charge in [0.05, 0.1) is 0 Å². The molecule has 82 valence electrons. The molecule has 3 rings (SSSR count). The van der Waals surface area contributed by atoms with Crippen LogP contribution in [0.1, 0.15) is 11.1 Å². The Balaban J connectivity index is 1.75. The van der Waals surface area contributed by atoms with Crippen molar-refractivity contribution >= 4 is 5.95 Å². The largest absolute Gasteiger partial charge is 0.350 e. The highest BCUT2D eigenvalue weighted by Gasteiger charge is 2.21. The van der Waals surface area contributed by atoms with Crippen molar-refractivity contribution in [3.05, 3.63) is 35.4 Å². The van der Waals surface area contributed by atoms with E-state index in [0.717, 1.165) is 18.8 Å². The first kappa shape index (κ1) is 9.33. The molecule has 0 bridgehead atoms. The van der Waals surface area contributed by atoms with E-state index in [1.807, 2.05) is 7.05 Å². The van der Waals surface area contributed by atoms with E-state index in [1.165, 1.54) is 11.1 Å². The fourth-order valence-electron chi connectivity index (χ4n) is 2.20. The number of aryl methyl sites for hydroxylation is 1. The lowest BCUT2D eigenvalue weighted by atomic mass is 10.1. The molecule has 0 aliphatic heterocycles. The summed E-state index contributed by atoms with van der Waals surface area (Å²) in [5, 5.41) is 14.7. The van der Waals surface area contributed by atoms with E-state index < -0.39 is 0 Å². The Kier molecular flexibility index (Phi) is 2.09. The average Bonchev–Trinajstić information content (AvgIpc) is 2.85.